The number of rotatable bonds is 5. The Balaban J connectivity index is 2.10. The number of benzene rings is 2. The van der Waals surface area contributed by atoms with E-state index in [4.69, 9.17) is 5.73 Å². The molecule has 0 amide bonds. The van der Waals surface area contributed by atoms with Gasteiger partial charge in [0.1, 0.15) is 5.01 Å². The van der Waals surface area contributed by atoms with E-state index >= 15 is 0 Å². The maximum Gasteiger partial charge on any atom is 0.258 e. The normalized spacial score (nSPS) is 11.5. The summed E-state index contributed by atoms with van der Waals surface area (Å²) >= 11 is 1.62. The maximum atomic E-state index is 13.4. The molecule has 0 saturated carbocycles. The Morgan fingerprint density at radius 2 is 1.83 bits per heavy atom. The van der Waals surface area contributed by atoms with Crippen LogP contribution in [0.25, 0.3) is 32.5 Å². The third-order valence-electron chi connectivity index (χ3n) is 5.05. The zero-order valence-electron chi connectivity index (χ0n) is 17.0. The molecule has 2 N–H and O–H groups in total. The van der Waals surface area contributed by atoms with Crippen molar-refractivity contribution in [1.82, 2.24) is 9.55 Å². The molecule has 0 aliphatic heterocycles. The van der Waals surface area contributed by atoms with E-state index in [1.54, 1.807) is 11.3 Å². The van der Waals surface area contributed by atoms with Gasteiger partial charge in [0.15, 0.2) is 0 Å². The van der Waals surface area contributed by atoms with Crippen LogP contribution in [0.5, 0.6) is 0 Å². The summed E-state index contributed by atoms with van der Waals surface area (Å²) in [7, 11) is 0. The Kier molecular flexibility index (Phi) is 5.35. The molecule has 0 aliphatic carbocycles. The molecule has 0 radical (unpaired) electrons. The second kappa shape index (κ2) is 7.93. The second-order valence-corrected chi connectivity index (χ2v) is 8.61. The van der Waals surface area contributed by atoms with Crippen LogP contribution in [0.4, 0.5) is 0 Å². The molecule has 0 unspecified atom stereocenters. The van der Waals surface area contributed by atoms with Gasteiger partial charge in [-0.25, -0.2) is 4.98 Å². The Morgan fingerprint density at radius 1 is 1.07 bits per heavy atom. The van der Waals surface area contributed by atoms with Gasteiger partial charge in [0.25, 0.3) is 5.56 Å². The number of hydrogen-bond acceptors (Lipinski definition) is 4. The van der Waals surface area contributed by atoms with Crippen LogP contribution in [0.15, 0.2) is 58.7 Å². The summed E-state index contributed by atoms with van der Waals surface area (Å²) in [4.78, 5) is 18.0. The number of fused-ring (bicyclic) bond motifs is 1. The number of pyridine rings is 1. The Morgan fingerprint density at radius 3 is 2.45 bits per heavy atom. The predicted octanol–water partition coefficient (Wildman–Crippen LogP) is 5.22. The quantitative estimate of drug-likeness (QED) is 0.497. The van der Waals surface area contributed by atoms with Crippen molar-refractivity contribution in [3.63, 3.8) is 0 Å². The third-order valence-corrected chi connectivity index (χ3v) is 6.06. The van der Waals surface area contributed by atoms with Crippen LogP contribution in [0, 0.1) is 12.8 Å². The first-order valence-electron chi connectivity index (χ1n) is 9.87. The molecule has 148 valence electrons. The SMILES string of the molecule is Cc1csc(-c2ccc3c(=O)n(CC(C)C)c(CN)c(-c4ccccc4)c3c2)n1. The summed E-state index contributed by atoms with van der Waals surface area (Å²) in [5.41, 5.74) is 11.3. The highest BCUT2D eigenvalue weighted by Gasteiger charge is 2.19. The highest BCUT2D eigenvalue weighted by atomic mass is 32.1. The van der Waals surface area contributed by atoms with E-state index in [0.717, 1.165) is 43.9 Å². The molecule has 2 heterocycles. The van der Waals surface area contributed by atoms with Gasteiger partial charge in [-0.05, 0) is 35.9 Å². The largest absolute Gasteiger partial charge is 0.325 e. The number of thiazole rings is 1. The van der Waals surface area contributed by atoms with Crippen LogP contribution >= 0.6 is 11.3 Å². The molecule has 2 aromatic carbocycles. The first-order valence-corrected chi connectivity index (χ1v) is 10.7. The molecular weight excluding hydrogens is 378 g/mol. The molecule has 4 nitrogen and oxygen atoms in total. The summed E-state index contributed by atoms with van der Waals surface area (Å²) in [6.07, 6.45) is 0. The fourth-order valence-corrected chi connectivity index (χ4v) is 4.61. The lowest BCUT2D eigenvalue weighted by Gasteiger charge is -2.21. The van der Waals surface area contributed by atoms with Crippen molar-refractivity contribution in [2.75, 3.05) is 0 Å². The average Bonchev–Trinajstić information content (AvgIpc) is 3.16. The van der Waals surface area contributed by atoms with E-state index in [-0.39, 0.29) is 5.56 Å². The standard InChI is InChI=1S/C24H25N3OS/c1-15(2)13-27-21(12-25)22(17-7-5-4-6-8-17)20-11-18(9-10-19(20)24(27)28)23-26-16(3)14-29-23/h4-11,14-15H,12-13,25H2,1-3H3. The Hall–Kier alpha value is -2.76. The fraction of sp³-hybridized carbons (Fsp3) is 0.250. The summed E-state index contributed by atoms with van der Waals surface area (Å²) in [6, 6.07) is 16.2. The highest BCUT2D eigenvalue weighted by molar-refractivity contribution is 7.13. The van der Waals surface area contributed by atoms with Crippen LogP contribution in [0.1, 0.15) is 25.2 Å². The van der Waals surface area contributed by atoms with Gasteiger partial charge >= 0.3 is 0 Å². The number of aromatic nitrogens is 2. The smallest absolute Gasteiger partial charge is 0.258 e. The molecule has 0 aliphatic rings. The maximum absolute atomic E-state index is 13.4. The average molecular weight is 404 g/mol. The van der Waals surface area contributed by atoms with Crippen LogP contribution in [0.2, 0.25) is 0 Å². The number of nitrogens with zero attached hydrogens (tertiary/aromatic N) is 2. The van der Waals surface area contributed by atoms with Gasteiger partial charge in [-0.1, -0.05) is 50.2 Å². The van der Waals surface area contributed by atoms with Crippen molar-refractivity contribution < 1.29 is 0 Å². The first kappa shape index (κ1) is 19.6. The van der Waals surface area contributed by atoms with Crippen LogP contribution in [0.3, 0.4) is 0 Å². The Bertz CT molecular complexity index is 1220. The van der Waals surface area contributed by atoms with Crippen LogP contribution in [-0.4, -0.2) is 9.55 Å². The van der Waals surface area contributed by atoms with Gasteiger partial charge < -0.3 is 10.3 Å². The molecule has 0 saturated heterocycles. The highest BCUT2D eigenvalue weighted by Crippen LogP contribution is 2.34. The molecular formula is C24H25N3OS. The fourth-order valence-electron chi connectivity index (χ4n) is 3.81. The third kappa shape index (κ3) is 3.63. The lowest BCUT2D eigenvalue weighted by atomic mass is 9.95. The Labute approximate surface area is 174 Å². The summed E-state index contributed by atoms with van der Waals surface area (Å²) in [5, 5.41) is 4.67. The van der Waals surface area contributed by atoms with Crippen LogP contribution < -0.4 is 11.3 Å². The summed E-state index contributed by atoms with van der Waals surface area (Å²) in [6.45, 7) is 7.19. The lowest BCUT2D eigenvalue weighted by molar-refractivity contribution is 0.499. The van der Waals surface area contributed by atoms with E-state index in [1.165, 1.54) is 0 Å². The molecule has 0 atom stereocenters. The minimum atomic E-state index is 0.0238. The van der Waals surface area contributed by atoms with Crippen molar-refractivity contribution in [3.8, 4) is 21.7 Å². The molecule has 2 aromatic heterocycles. The molecule has 4 rings (SSSR count). The predicted molar refractivity (Wildman–Crippen MR) is 122 cm³/mol. The van der Waals surface area contributed by atoms with E-state index in [2.05, 4.69) is 37.0 Å². The van der Waals surface area contributed by atoms with Gasteiger partial charge in [-0.2, -0.15) is 0 Å². The van der Waals surface area contributed by atoms with Crippen molar-refractivity contribution in [3.05, 3.63) is 75.7 Å². The van der Waals surface area contributed by atoms with Crippen molar-refractivity contribution in [2.45, 2.75) is 33.9 Å². The monoisotopic (exact) mass is 403 g/mol. The topological polar surface area (TPSA) is 60.9 Å². The molecule has 0 fully saturated rings. The molecule has 0 spiro atoms. The van der Waals surface area contributed by atoms with Gasteiger partial charge in [0.05, 0.1) is 0 Å². The summed E-state index contributed by atoms with van der Waals surface area (Å²) < 4.78 is 1.86. The van der Waals surface area contributed by atoms with E-state index in [1.807, 2.05) is 47.2 Å². The van der Waals surface area contributed by atoms with E-state index < -0.39 is 0 Å². The van der Waals surface area contributed by atoms with E-state index in [0.29, 0.717) is 19.0 Å². The number of hydrogen-bond donors (Lipinski definition) is 1. The molecule has 0 bridgehead atoms. The first-order chi connectivity index (χ1) is 14.0. The lowest BCUT2D eigenvalue weighted by Crippen LogP contribution is -2.28. The number of aryl methyl sites for hydroxylation is 1. The van der Waals surface area contributed by atoms with E-state index in [9.17, 15) is 4.79 Å². The van der Waals surface area contributed by atoms with Gasteiger partial charge in [-0.15, -0.1) is 11.3 Å². The molecule has 4 aromatic rings. The zero-order valence-corrected chi connectivity index (χ0v) is 17.8. The van der Waals surface area contributed by atoms with Gasteiger partial charge in [0, 0.05) is 46.4 Å². The van der Waals surface area contributed by atoms with Crippen molar-refractivity contribution in [2.24, 2.45) is 11.7 Å². The summed E-state index contributed by atoms with van der Waals surface area (Å²) in [5.74, 6) is 0.344. The van der Waals surface area contributed by atoms with Crippen LogP contribution in [-0.2, 0) is 13.1 Å². The van der Waals surface area contributed by atoms with Gasteiger partial charge in [0.2, 0.25) is 0 Å². The second-order valence-electron chi connectivity index (χ2n) is 7.76. The van der Waals surface area contributed by atoms with Crippen molar-refractivity contribution in [1.29, 1.82) is 0 Å². The minimum Gasteiger partial charge on any atom is -0.325 e. The van der Waals surface area contributed by atoms with Crippen molar-refractivity contribution >= 4 is 22.1 Å². The van der Waals surface area contributed by atoms with Gasteiger partial charge in [-0.3, -0.25) is 4.79 Å². The molecule has 29 heavy (non-hydrogen) atoms. The number of nitrogens with two attached hydrogens (primary N) is 1. The zero-order chi connectivity index (χ0) is 20.5. The minimum absolute atomic E-state index is 0.0238. The molecule has 5 heteroatoms.